The molecule has 0 aromatic heterocycles. The van der Waals surface area contributed by atoms with Crippen molar-refractivity contribution >= 4 is 17.5 Å². The Morgan fingerprint density at radius 1 is 1.07 bits per heavy atom. The van der Waals surface area contributed by atoms with Crippen molar-refractivity contribution in [3.8, 4) is 0 Å². The van der Waals surface area contributed by atoms with E-state index >= 15 is 0 Å². The Hall–Kier alpha value is -1.88. The van der Waals surface area contributed by atoms with E-state index in [-0.39, 0.29) is 11.9 Å². The third-order valence-electron chi connectivity index (χ3n) is 5.31. The first-order valence-corrected chi connectivity index (χ1v) is 9.95. The monoisotopic (exact) mass is 385 g/mol. The van der Waals surface area contributed by atoms with Gasteiger partial charge in [-0.2, -0.15) is 0 Å². The second-order valence-electron chi connectivity index (χ2n) is 7.21. The largest absolute Gasteiger partial charge is 0.339 e. The maximum atomic E-state index is 12.5. The molecule has 4 nitrogen and oxygen atoms in total. The van der Waals surface area contributed by atoms with E-state index in [1.165, 1.54) is 11.1 Å². The van der Waals surface area contributed by atoms with Crippen molar-refractivity contribution < 1.29 is 4.79 Å². The molecule has 0 aliphatic carbocycles. The zero-order chi connectivity index (χ0) is 19.2. The first-order valence-electron chi connectivity index (χ1n) is 9.57. The lowest BCUT2D eigenvalue weighted by Crippen LogP contribution is -2.50. The van der Waals surface area contributed by atoms with Gasteiger partial charge in [-0.3, -0.25) is 9.69 Å². The van der Waals surface area contributed by atoms with E-state index in [0.29, 0.717) is 6.54 Å². The van der Waals surface area contributed by atoms with Crippen LogP contribution in [0.2, 0.25) is 5.02 Å². The molecular weight excluding hydrogens is 358 g/mol. The van der Waals surface area contributed by atoms with Crippen LogP contribution >= 0.6 is 11.6 Å². The second-order valence-corrected chi connectivity index (χ2v) is 7.61. The number of hydrogen-bond donors (Lipinski definition) is 1. The van der Waals surface area contributed by atoms with E-state index < -0.39 is 0 Å². The van der Waals surface area contributed by atoms with Gasteiger partial charge in [0.1, 0.15) is 0 Å². The van der Waals surface area contributed by atoms with Crippen molar-refractivity contribution in [1.29, 1.82) is 0 Å². The second kappa shape index (κ2) is 9.36. The van der Waals surface area contributed by atoms with E-state index in [9.17, 15) is 4.79 Å². The molecule has 144 valence electrons. The summed E-state index contributed by atoms with van der Waals surface area (Å²) in [5.74, 6) is 0.157. The van der Waals surface area contributed by atoms with Crippen LogP contribution in [0.3, 0.4) is 0 Å². The smallest absolute Gasteiger partial charge is 0.236 e. The minimum atomic E-state index is 0.0463. The molecule has 2 aromatic rings. The zero-order valence-corrected chi connectivity index (χ0v) is 16.9. The summed E-state index contributed by atoms with van der Waals surface area (Å²) in [7, 11) is 0. The Morgan fingerprint density at radius 3 is 2.44 bits per heavy atom. The van der Waals surface area contributed by atoms with Crippen LogP contribution in [0.4, 0.5) is 0 Å². The van der Waals surface area contributed by atoms with Gasteiger partial charge in [-0.1, -0.05) is 54.1 Å². The number of rotatable bonds is 6. The van der Waals surface area contributed by atoms with Gasteiger partial charge in [0.05, 0.1) is 6.54 Å². The maximum absolute atomic E-state index is 12.5. The number of carbonyl (C=O) groups is 1. The summed E-state index contributed by atoms with van der Waals surface area (Å²) in [5, 5.41) is 4.04. The van der Waals surface area contributed by atoms with E-state index in [4.69, 9.17) is 11.6 Å². The van der Waals surface area contributed by atoms with Crippen LogP contribution in [-0.2, 0) is 11.3 Å². The Labute approximate surface area is 167 Å². The molecule has 3 rings (SSSR count). The summed E-state index contributed by atoms with van der Waals surface area (Å²) in [4.78, 5) is 16.9. The minimum Gasteiger partial charge on any atom is -0.339 e. The number of hydrogen-bond acceptors (Lipinski definition) is 3. The normalized spacial score (nSPS) is 16.3. The van der Waals surface area contributed by atoms with Gasteiger partial charge in [-0.15, -0.1) is 0 Å². The third kappa shape index (κ3) is 5.32. The Morgan fingerprint density at radius 2 is 1.74 bits per heavy atom. The Bertz CT molecular complexity index is 772. The molecule has 0 unspecified atom stereocenters. The van der Waals surface area contributed by atoms with Gasteiger partial charge >= 0.3 is 0 Å². The molecule has 1 atom stereocenters. The number of piperazine rings is 1. The van der Waals surface area contributed by atoms with E-state index in [1.54, 1.807) is 0 Å². The van der Waals surface area contributed by atoms with Crippen LogP contribution in [0.1, 0.15) is 29.7 Å². The molecule has 1 heterocycles. The lowest BCUT2D eigenvalue weighted by molar-refractivity contribution is -0.132. The zero-order valence-electron chi connectivity index (χ0n) is 16.1. The van der Waals surface area contributed by atoms with Crippen LogP contribution < -0.4 is 5.32 Å². The first-order chi connectivity index (χ1) is 13.0. The summed E-state index contributed by atoms with van der Waals surface area (Å²) in [6.07, 6.45) is 0. The Kier molecular flexibility index (Phi) is 6.89. The van der Waals surface area contributed by atoms with Gasteiger partial charge in [-0.25, -0.2) is 0 Å². The summed E-state index contributed by atoms with van der Waals surface area (Å²) >= 11 is 6.24. The molecule has 1 aliphatic rings. The number of halogens is 1. The fraction of sp³-hybridized carbons (Fsp3) is 0.409. The molecule has 1 N–H and O–H groups in total. The van der Waals surface area contributed by atoms with Crippen molar-refractivity contribution in [1.82, 2.24) is 15.1 Å². The SMILES string of the molecule is Cc1ccccc1CN1CCN(C(=O)CN[C@@H](C)c2ccccc2Cl)CC1. The van der Waals surface area contributed by atoms with Crippen molar-refractivity contribution in [3.05, 3.63) is 70.2 Å². The summed E-state index contributed by atoms with van der Waals surface area (Å²) in [6.45, 7) is 8.89. The van der Waals surface area contributed by atoms with E-state index in [1.807, 2.05) is 36.1 Å². The van der Waals surface area contributed by atoms with Crippen LogP contribution in [0.5, 0.6) is 0 Å². The van der Waals surface area contributed by atoms with Gasteiger partial charge in [0, 0.05) is 43.8 Å². The van der Waals surface area contributed by atoms with Gasteiger partial charge in [0.15, 0.2) is 0 Å². The standard InChI is InChI=1S/C22H28ClN3O/c1-17-7-3-4-8-19(17)16-25-11-13-26(14-12-25)22(27)15-24-18(2)20-9-5-6-10-21(20)23/h3-10,18,24H,11-16H2,1-2H3/t18-/m0/s1. The molecule has 1 amide bonds. The molecule has 0 bridgehead atoms. The third-order valence-corrected chi connectivity index (χ3v) is 5.66. The highest BCUT2D eigenvalue weighted by atomic mass is 35.5. The quantitative estimate of drug-likeness (QED) is 0.824. The van der Waals surface area contributed by atoms with Crippen molar-refractivity contribution in [2.24, 2.45) is 0 Å². The van der Waals surface area contributed by atoms with E-state index in [2.05, 4.69) is 41.4 Å². The number of benzene rings is 2. The first kappa shape index (κ1) is 19.9. The van der Waals surface area contributed by atoms with Crippen molar-refractivity contribution in [2.45, 2.75) is 26.4 Å². The molecule has 1 fully saturated rings. The highest BCUT2D eigenvalue weighted by Crippen LogP contribution is 2.22. The predicted molar refractivity (Wildman–Crippen MR) is 111 cm³/mol. The number of nitrogens with one attached hydrogen (secondary N) is 1. The highest BCUT2D eigenvalue weighted by Gasteiger charge is 2.21. The lowest BCUT2D eigenvalue weighted by Gasteiger charge is -2.35. The number of carbonyl (C=O) groups excluding carboxylic acids is 1. The molecule has 0 spiro atoms. The number of aryl methyl sites for hydroxylation is 1. The lowest BCUT2D eigenvalue weighted by atomic mass is 10.1. The topological polar surface area (TPSA) is 35.6 Å². The highest BCUT2D eigenvalue weighted by molar-refractivity contribution is 6.31. The van der Waals surface area contributed by atoms with Crippen LogP contribution in [0.25, 0.3) is 0 Å². The fourth-order valence-electron chi connectivity index (χ4n) is 3.47. The van der Waals surface area contributed by atoms with Gasteiger partial charge in [0.25, 0.3) is 0 Å². The molecular formula is C22H28ClN3O. The summed E-state index contributed by atoms with van der Waals surface area (Å²) in [6, 6.07) is 16.3. The maximum Gasteiger partial charge on any atom is 0.236 e. The van der Waals surface area contributed by atoms with Crippen molar-refractivity contribution in [2.75, 3.05) is 32.7 Å². The molecule has 0 radical (unpaired) electrons. The van der Waals surface area contributed by atoms with E-state index in [0.717, 1.165) is 43.3 Å². The number of nitrogens with zero attached hydrogens (tertiary/aromatic N) is 2. The average Bonchev–Trinajstić information content (AvgIpc) is 2.68. The van der Waals surface area contributed by atoms with Crippen molar-refractivity contribution in [3.63, 3.8) is 0 Å². The molecule has 2 aromatic carbocycles. The molecule has 27 heavy (non-hydrogen) atoms. The Balaban J connectivity index is 1.45. The molecule has 1 saturated heterocycles. The van der Waals surface area contributed by atoms with Crippen LogP contribution in [0.15, 0.2) is 48.5 Å². The van der Waals surface area contributed by atoms with Gasteiger partial charge in [0.2, 0.25) is 5.91 Å². The molecule has 0 saturated carbocycles. The van der Waals surface area contributed by atoms with Gasteiger partial charge < -0.3 is 10.2 Å². The molecule has 5 heteroatoms. The summed E-state index contributed by atoms with van der Waals surface area (Å²) in [5.41, 5.74) is 3.72. The minimum absolute atomic E-state index is 0.0463. The summed E-state index contributed by atoms with van der Waals surface area (Å²) < 4.78 is 0. The predicted octanol–water partition coefficient (Wildman–Crippen LogP) is 3.64. The fourth-order valence-corrected chi connectivity index (χ4v) is 3.77. The molecule has 1 aliphatic heterocycles. The van der Waals surface area contributed by atoms with Gasteiger partial charge in [-0.05, 0) is 36.6 Å². The van der Waals surface area contributed by atoms with Crippen LogP contribution in [-0.4, -0.2) is 48.4 Å². The van der Waals surface area contributed by atoms with Crippen LogP contribution in [0, 0.1) is 6.92 Å². The average molecular weight is 386 g/mol. The number of amides is 1.